The van der Waals surface area contributed by atoms with Crippen molar-refractivity contribution < 1.29 is 14.1 Å². The molecule has 2 heterocycles. The van der Waals surface area contributed by atoms with Gasteiger partial charge in [-0.1, -0.05) is 20.8 Å². The van der Waals surface area contributed by atoms with Gasteiger partial charge < -0.3 is 9.31 Å². The molecule has 1 aromatic heterocycles. The number of carbonyl (C=O) groups excluding carboxylic acids is 1. The summed E-state index contributed by atoms with van der Waals surface area (Å²) >= 11 is 3.50. The highest BCUT2D eigenvalue weighted by Crippen LogP contribution is 2.37. The Morgan fingerprint density at radius 2 is 1.67 bits per heavy atom. The Kier molecular flexibility index (Phi) is 3.97. The summed E-state index contributed by atoms with van der Waals surface area (Å²) in [5.41, 5.74) is -0.626. The molecule has 1 saturated heterocycles. The monoisotopic (exact) mass is 355 g/mol. The number of hydrogen-bond donors (Lipinski definition) is 0. The second-order valence-electron chi connectivity index (χ2n) is 7.56. The van der Waals surface area contributed by atoms with Crippen LogP contribution in [0.4, 0.5) is 0 Å². The van der Waals surface area contributed by atoms with E-state index in [9.17, 15) is 4.79 Å². The van der Waals surface area contributed by atoms with Gasteiger partial charge in [0, 0.05) is 16.1 Å². The number of rotatable bonds is 1. The third kappa shape index (κ3) is 2.85. The zero-order valence-corrected chi connectivity index (χ0v) is 15.4. The van der Waals surface area contributed by atoms with E-state index in [4.69, 9.17) is 9.31 Å². The van der Waals surface area contributed by atoms with Crippen molar-refractivity contribution >= 4 is 34.5 Å². The van der Waals surface area contributed by atoms with Crippen LogP contribution in [0.2, 0.25) is 0 Å². The molecule has 0 aromatic carbocycles. The van der Waals surface area contributed by atoms with E-state index in [0.717, 1.165) is 4.47 Å². The fourth-order valence-corrected chi connectivity index (χ4v) is 2.64. The number of aromatic nitrogens is 1. The van der Waals surface area contributed by atoms with E-state index < -0.39 is 23.7 Å². The predicted octanol–water partition coefficient (Wildman–Crippen LogP) is 3.24. The largest absolute Gasteiger partial charge is 0.514 e. The Morgan fingerprint density at radius 3 is 2.10 bits per heavy atom. The number of hydrogen-bond acceptors (Lipinski definition) is 3. The normalized spacial score (nSPS) is 20.9. The molecule has 0 saturated carbocycles. The standard InChI is InChI=1S/C15H23BBrNO3/c1-13(2,3)12(19)18-9-8-10(17)11(18)16-20-14(4,5)15(6,7)21-16/h8-9H,1-7H3. The van der Waals surface area contributed by atoms with Crippen LogP contribution in [0.15, 0.2) is 16.7 Å². The first kappa shape index (κ1) is 16.8. The Balaban J connectivity index is 2.43. The molecule has 0 N–H and O–H groups in total. The molecule has 0 aliphatic carbocycles. The van der Waals surface area contributed by atoms with E-state index in [1.807, 2.05) is 54.5 Å². The van der Waals surface area contributed by atoms with Gasteiger partial charge in [0.15, 0.2) is 0 Å². The minimum Gasteiger partial charge on any atom is -0.398 e. The van der Waals surface area contributed by atoms with Crippen molar-refractivity contribution in [3.63, 3.8) is 0 Å². The SMILES string of the molecule is CC(C)(C)C(=O)n1ccc(Br)c1B1OC(C)(C)C(C)(C)O1. The second kappa shape index (κ2) is 4.96. The molecule has 0 unspecified atom stereocenters. The minimum atomic E-state index is -0.564. The molecule has 1 aromatic rings. The molecule has 116 valence electrons. The Hall–Kier alpha value is -0.585. The average molecular weight is 356 g/mol. The van der Waals surface area contributed by atoms with Crippen LogP contribution in [-0.4, -0.2) is 28.8 Å². The van der Waals surface area contributed by atoms with Gasteiger partial charge in [0.25, 0.3) is 0 Å². The minimum absolute atomic E-state index is 0.0120. The van der Waals surface area contributed by atoms with Crippen LogP contribution in [0.1, 0.15) is 53.3 Å². The molecule has 0 atom stereocenters. The van der Waals surface area contributed by atoms with Crippen LogP contribution >= 0.6 is 15.9 Å². The molecule has 4 nitrogen and oxygen atoms in total. The molecule has 1 fully saturated rings. The topological polar surface area (TPSA) is 40.5 Å². The third-order valence-electron chi connectivity index (χ3n) is 4.21. The highest BCUT2D eigenvalue weighted by atomic mass is 79.9. The van der Waals surface area contributed by atoms with Crippen LogP contribution in [-0.2, 0) is 9.31 Å². The van der Waals surface area contributed by atoms with Crippen LogP contribution in [0, 0.1) is 5.41 Å². The van der Waals surface area contributed by atoms with Gasteiger partial charge in [0.05, 0.1) is 16.8 Å². The molecule has 21 heavy (non-hydrogen) atoms. The highest BCUT2D eigenvalue weighted by Gasteiger charge is 2.53. The second-order valence-corrected chi connectivity index (χ2v) is 8.42. The first-order valence-corrected chi connectivity index (χ1v) is 7.93. The Bertz CT molecular complexity index is 556. The van der Waals surface area contributed by atoms with Crippen molar-refractivity contribution in [2.75, 3.05) is 0 Å². The maximum absolute atomic E-state index is 12.6. The first-order valence-electron chi connectivity index (χ1n) is 7.14. The van der Waals surface area contributed by atoms with Gasteiger partial charge in [-0.05, 0) is 49.7 Å². The van der Waals surface area contributed by atoms with Gasteiger partial charge in [0.1, 0.15) is 0 Å². The fourth-order valence-electron chi connectivity index (χ4n) is 2.14. The van der Waals surface area contributed by atoms with Gasteiger partial charge in [-0.2, -0.15) is 0 Å². The van der Waals surface area contributed by atoms with Crippen LogP contribution < -0.4 is 5.59 Å². The summed E-state index contributed by atoms with van der Waals surface area (Å²) in [6, 6.07) is 1.85. The summed E-state index contributed by atoms with van der Waals surface area (Å²) in [6.45, 7) is 13.7. The number of halogens is 1. The molecular formula is C15H23BBrNO3. The Morgan fingerprint density at radius 1 is 1.19 bits per heavy atom. The summed E-state index contributed by atoms with van der Waals surface area (Å²) in [5, 5.41) is 0. The summed E-state index contributed by atoms with van der Waals surface area (Å²) in [6.07, 6.45) is 1.76. The summed E-state index contributed by atoms with van der Waals surface area (Å²) in [7, 11) is -0.564. The lowest BCUT2D eigenvalue weighted by atomic mass is 9.83. The lowest BCUT2D eigenvalue weighted by Crippen LogP contribution is -2.44. The molecule has 6 heteroatoms. The van der Waals surface area contributed by atoms with Gasteiger partial charge in [-0.15, -0.1) is 0 Å². The average Bonchev–Trinajstić information content (AvgIpc) is 2.75. The van der Waals surface area contributed by atoms with Crippen molar-refractivity contribution in [2.24, 2.45) is 5.41 Å². The summed E-state index contributed by atoms with van der Waals surface area (Å²) in [5.74, 6) is 0.0120. The maximum atomic E-state index is 12.6. The number of nitrogens with zero attached hydrogens (tertiary/aromatic N) is 1. The Labute approximate surface area is 135 Å². The predicted molar refractivity (Wildman–Crippen MR) is 87.9 cm³/mol. The maximum Gasteiger partial charge on any atom is 0.514 e. The van der Waals surface area contributed by atoms with E-state index in [1.54, 1.807) is 10.8 Å². The summed E-state index contributed by atoms with van der Waals surface area (Å²) < 4.78 is 14.6. The first-order chi connectivity index (χ1) is 9.37. The van der Waals surface area contributed by atoms with E-state index in [1.165, 1.54) is 0 Å². The molecule has 1 aliphatic rings. The van der Waals surface area contributed by atoms with E-state index in [-0.39, 0.29) is 5.91 Å². The van der Waals surface area contributed by atoms with Crippen molar-refractivity contribution in [2.45, 2.75) is 59.7 Å². The van der Waals surface area contributed by atoms with Gasteiger partial charge in [0.2, 0.25) is 5.91 Å². The van der Waals surface area contributed by atoms with E-state index in [0.29, 0.717) is 5.59 Å². The van der Waals surface area contributed by atoms with Crippen molar-refractivity contribution in [1.29, 1.82) is 0 Å². The van der Waals surface area contributed by atoms with Crippen LogP contribution in [0.5, 0.6) is 0 Å². The third-order valence-corrected chi connectivity index (χ3v) is 4.88. The summed E-state index contributed by atoms with van der Waals surface area (Å²) in [4.78, 5) is 12.6. The fraction of sp³-hybridized carbons (Fsp3) is 0.667. The molecular weight excluding hydrogens is 333 g/mol. The zero-order valence-electron chi connectivity index (χ0n) is 13.8. The van der Waals surface area contributed by atoms with Crippen LogP contribution in [0.25, 0.3) is 0 Å². The van der Waals surface area contributed by atoms with Crippen molar-refractivity contribution in [1.82, 2.24) is 4.57 Å². The van der Waals surface area contributed by atoms with Crippen molar-refractivity contribution in [3.05, 3.63) is 16.7 Å². The quantitative estimate of drug-likeness (QED) is 0.726. The van der Waals surface area contributed by atoms with Gasteiger partial charge in [-0.3, -0.25) is 9.36 Å². The van der Waals surface area contributed by atoms with Gasteiger partial charge >= 0.3 is 7.12 Å². The smallest absolute Gasteiger partial charge is 0.398 e. The van der Waals surface area contributed by atoms with E-state index >= 15 is 0 Å². The highest BCUT2D eigenvalue weighted by molar-refractivity contribution is 9.10. The number of carbonyl (C=O) groups is 1. The molecule has 1 aliphatic heterocycles. The van der Waals surface area contributed by atoms with Crippen molar-refractivity contribution in [3.8, 4) is 0 Å². The molecule has 0 bridgehead atoms. The molecule has 0 amide bonds. The van der Waals surface area contributed by atoms with Crippen LogP contribution in [0.3, 0.4) is 0 Å². The molecule has 2 rings (SSSR count). The van der Waals surface area contributed by atoms with Gasteiger partial charge in [-0.25, -0.2) is 0 Å². The molecule has 0 spiro atoms. The lowest BCUT2D eigenvalue weighted by Gasteiger charge is -2.32. The molecule has 0 radical (unpaired) electrons. The zero-order chi connectivity index (χ0) is 16.2. The lowest BCUT2D eigenvalue weighted by molar-refractivity contribution is 0.00578. The van der Waals surface area contributed by atoms with E-state index in [2.05, 4.69) is 15.9 Å².